The summed E-state index contributed by atoms with van der Waals surface area (Å²) in [6.07, 6.45) is 0. The molecule has 0 atom stereocenters. The number of alkyl halides is 2. The molecule has 0 spiro atoms. The van der Waals surface area contributed by atoms with Gasteiger partial charge in [0.1, 0.15) is 0 Å². The maximum absolute atomic E-state index is 14.3. The summed E-state index contributed by atoms with van der Waals surface area (Å²) in [5.41, 5.74) is 0.650. The number of halogens is 3. The van der Waals surface area contributed by atoms with Crippen LogP contribution < -0.4 is 0 Å². The highest BCUT2D eigenvalue weighted by Crippen LogP contribution is 2.37. The van der Waals surface area contributed by atoms with E-state index in [0.717, 1.165) is 0 Å². The molecule has 88 valence electrons. The molecular weight excluding hydrogens is 286 g/mol. The van der Waals surface area contributed by atoms with Gasteiger partial charge in [-0.15, -0.1) is 0 Å². The Hall–Kier alpha value is -1.22. The van der Waals surface area contributed by atoms with E-state index < -0.39 is 5.92 Å². The Morgan fingerprint density at radius 3 is 2.35 bits per heavy atom. The van der Waals surface area contributed by atoms with Crippen molar-refractivity contribution in [2.45, 2.75) is 12.8 Å². The number of hydrogen-bond acceptors (Lipinski definition) is 0. The van der Waals surface area contributed by atoms with E-state index in [1.807, 2.05) is 0 Å². The van der Waals surface area contributed by atoms with Gasteiger partial charge in [0.15, 0.2) is 0 Å². The van der Waals surface area contributed by atoms with Crippen molar-refractivity contribution in [1.29, 1.82) is 0 Å². The SMILES string of the molecule is Cc1ccccc1C(F)(F)c1cccc(Br)c1. The van der Waals surface area contributed by atoms with Crippen LogP contribution >= 0.6 is 15.9 Å². The lowest BCUT2D eigenvalue weighted by Gasteiger charge is -2.19. The fourth-order valence-corrected chi connectivity index (χ4v) is 2.16. The molecule has 0 aliphatic rings. The van der Waals surface area contributed by atoms with Crippen LogP contribution in [0.1, 0.15) is 16.7 Å². The maximum atomic E-state index is 14.3. The third kappa shape index (κ3) is 2.39. The van der Waals surface area contributed by atoms with Crippen molar-refractivity contribution in [2.75, 3.05) is 0 Å². The average molecular weight is 297 g/mol. The van der Waals surface area contributed by atoms with E-state index in [4.69, 9.17) is 0 Å². The van der Waals surface area contributed by atoms with Crippen molar-refractivity contribution >= 4 is 15.9 Å². The van der Waals surface area contributed by atoms with Crippen LogP contribution in [0, 0.1) is 6.92 Å². The maximum Gasteiger partial charge on any atom is 0.298 e. The minimum atomic E-state index is -2.96. The van der Waals surface area contributed by atoms with Crippen LogP contribution in [0.25, 0.3) is 0 Å². The molecule has 0 aromatic heterocycles. The number of aryl methyl sites for hydroxylation is 1. The predicted molar refractivity (Wildman–Crippen MR) is 68.3 cm³/mol. The van der Waals surface area contributed by atoms with Crippen LogP contribution in [0.5, 0.6) is 0 Å². The first-order valence-corrected chi connectivity index (χ1v) is 6.01. The summed E-state index contributed by atoms with van der Waals surface area (Å²) in [7, 11) is 0. The van der Waals surface area contributed by atoms with Crippen LogP contribution in [-0.2, 0) is 5.92 Å². The zero-order chi connectivity index (χ0) is 12.5. The quantitative estimate of drug-likeness (QED) is 0.739. The van der Waals surface area contributed by atoms with Gasteiger partial charge in [-0.05, 0) is 24.6 Å². The Kier molecular flexibility index (Phi) is 3.29. The summed E-state index contributed by atoms with van der Waals surface area (Å²) >= 11 is 3.21. The fourth-order valence-electron chi connectivity index (χ4n) is 1.76. The van der Waals surface area contributed by atoms with Crippen molar-refractivity contribution in [3.8, 4) is 0 Å². The highest BCUT2D eigenvalue weighted by molar-refractivity contribution is 9.10. The normalized spacial score (nSPS) is 11.5. The Morgan fingerprint density at radius 1 is 1.00 bits per heavy atom. The molecule has 17 heavy (non-hydrogen) atoms. The molecule has 0 fully saturated rings. The van der Waals surface area contributed by atoms with Crippen LogP contribution in [0.3, 0.4) is 0 Å². The highest BCUT2D eigenvalue weighted by atomic mass is 79.9. The van der Waals surface area contributed by atoms with E-state index >= 15 is 0 Å². The Balaban J connectivity index is 2.53. The molecule has 0 nitrogen and oxygen atoms in total. The molecule has 0 aliphatic heterocycles. The van der Waals surface area contributed by atoms with E-state index in [2.05, 4.69) is 15.9 Å². The van der Waals surface area contributed by atoms with Crippen LogP contribution in [-0.4, -0.2) is 0 Å². The summed E-state index contributed by atoms with van der Waals surface area (Å²) in [6, 6.07) is 12.8. The topological polar surface area (TPSA) is 0 Å². The molecule has 2 rings (SSSR count). The monoisotopic (exact) mass is 296 g/mol. The van der Waals surface area contributed by atoms with Gasteiger partial charge in [0.05, 0.1) is 0 Å². The molecule has 0 radical (unpaired) electrons. The lowest BCUT2D eigenvalue weighted by molar-refractivity contribution is 0.0421. The highest BCUT2D eigenvalue weighted by Gasteiger charge is 2.35. The Labute approximate surface area is 107 Å². The third-order valence-corrected chi connectivity index (χ3v) is 3.16. The molecule has 0 heterocycles. The average Bonchev–Trinajstić information content (AvgIpc) is 2.29. The molecule has 0 unspecified atom stereocenters. The van der Waals surface area contributed by atoms with E-state index in [-0.39, 0.29) is 11.1 Å². The van der Waals surface area contributed by atoms with Gasteiger partial charge >= 0.3 is 0 Å². The molecule has 0 saturated heterocycles. The second-order valence-electron chi connectivity index (χ2n) is 3.90. The zero-order valence-electron chi connectivity index (χ0n) is 9.25. The largest absolute Gasteiger partial charge is 0.298 e. The smallest absolute Gasteiger partial charge is 0.196 e. The van der Waals surface area contributed by atoms with Gasteiger partial charge in [0, 0.05) is 15.6 Å². The molecule has 2 aromatic carbocycles. The summed E-state index contributed by atoms with van der Waals surface area (Å²) < 4.78 is 29.3. The summed E-state index contributed by atoms with van der Waals surface area (Å²) in [4.78, 5) is 0. The number of rotatable bonds is 2. The van der Waals surface area contributed by atoms with Crippen LogP contribution in [0.4, 0.5) is 8.78 Å². The Bertz CT molecular complexity index is 535. The fraction of sp³-hybridized carbons (Fsp3) is 0.143. The molecule has 2 aromatic rings. The van der Waals surface area contributed by atoms with Gasteiger partial charge in [0.2, 0.25) is 0 Å². The predicted octanol–water partition coefficient (Wildman–Crippen LogP) is 4.90. The minimum absolute atomic E-state index is 0.00109. The molecule has 0 aliphatic carbocycles. The van der Waals surface area contributed by atoms with Crippen molar-refractivity contribution in [3.63, 3.8) is 0 Å². The second-order valence-corrected chi connectivity index (χ2v) is 4.82. The molecule has 3 heteroatoms. The number of hydrogen-bond donors (Lipinski definition) is 0. The van der Waals surface area contributed by atoms with Gasteiger partial charge in [-0.25, -0.2) is 0 Å². The van der Waals surface area contributed by atoms with Crippen LogP contribution in [0.2, 0.25) is 0 Å². The first kappa shape index (κ1) is 12.2. The Morgan fingerprint density at radius 2 is 1.71 bits per heavy atom. The van der Waals surface area contributed by atoms with E-state index in [1.54, 1.807) is 37.3 Å². The minimum Gasteiger partial charge on any atom is -0.196 e. The van der Waals surface area contributed by atoms with Crippen LogP contribution in [0.15, 0.2) is 53.0 Å². The number of benzene rings is 2. The first-order valence-electron chi connectivity index (χ1n) is 5.22. The third-order valence-electron chi connectivity index (χ3n) is 2.67. The molecule has 0 N–H and O–H groups in total. The van der Waals surface area contributed by atoms with Gasteiger partial charge in [-0.2, -0.15) is 8.78 Å². The zero-order valence-corrected chi connectivity index (χ0v) is 10.8. The van der Waals surface area contributed by atoms with Gasteiger partial charge in [0.25, 0.3) is 5.92 Å². The van der Waals surface area contributed by atoms with Crippen molar-refractivity contribution in [2.24, 2.45) is 0 Å². The first-order chi connectivity index (χ1) is 8.01. The van der Waals surface area contributed by atoms with Gasteiger partial charge in [-0.3, -0.25) is 0 Å². The summed E-state index contributed by atoms with van der Waals surface area (Å²) in [5, 5.41) is 0. The molecule has 0 saturated carbocycles. The van der Waals surface area contributed by atoms with E-state index in [1.165, 1.54) is 18.2 Å². The second kappa shape index (κ2) is 4.57. The van der Waals surface area contributed by atoms with Crippen molar-refractivity contribution < 1.29 is 8.78 Å². The molecular formula is C14H11BrF2. The standard InChI is InChI=1S/C14H11BrF2/c1-10-5-2-3-8-13(10)14(16,17)11-6-4-7-12(15)9-11/h2-9H,1H3. The lowest BCUT2D eigenvalue weighted by Crippen LogP contribution is -2.16. The van der Waals surface area contributed by atoms with Gasteiger partial charge in [-0.1, -0.05) is 52.3 Å². The van der Waals surface area contributed by atoms with E-state index in [9.17, 15) is 8.78 Å². The van der Waals surface area contributed by atoms with Crippen molar-refractivity contribution in [1.82, 2.24) is 0 Å². The molecule has 0 amide bonds. The lowest BCUT2D eigenvalue weighted by atomic mass is 9.97. The molecule has 0 bridgehead atoms. The van der Waals surface area contributed by atoms with E-state index in [0.29, 0.717) is 10.0 Å². The summed E-state index contributed by atoms with van der Waals surface area (Å²) in [5.74, 6) is -2.96. The van der Waals surface area contributed by atoms with Crippen molar-refractivity contribution in [3.05, 3.63) is 69.7 Å². The van der Waals surface area contributed by atoms with Gasteiger partial charge < -0.3 is 0 Å². The summed E-state index contributed by atoms with van der Waals surface area (Å²) in [6.45, 7) is 1.70.